The highest BCUT2D eigenvalue weighted by molar-refractivity contribution is 7.17. The van der Waals surface area contributed by atoms with Crippen molar-refractivity contribution in [1.29, 1.82) is 0 Å². The van der Waals surface area contributed by atoms with E-state index in [0.717, 1.165) is 16.7 Å². The number of Topliss-reactive ketones (excluding diaryl/α,β-unsaturated/α-hetero) is 1. The maximum atomic E-state index is 13.3. The van der Waals surface area contributed by atoms with Crippen LogP contribution in [-0.2, 0) is 19.5 Å². The van der Waals surface area contributed by atoms with Gasteiger partial charge in [-0.3, -0.25) is 14.2 Å². The monoisotopic (exact) mass is 474 g/mol. The number of thiophene rings is 1. The zero-order valence-corrected chi connectivity index (χ0v) is 19.5. The number of ether oxygens (including phenoxy) is 1. The summed E-state index contributed by atoms with van der Waals surface area (Å²) in [5.74, 6) is 0.582. The zero-order chi connectivity index (χ0) is 23.8. The highest BCUT2D eigenvalue weighted by Gasteiger charge is 2.20. The van der Waals surface area contributed by atoms with E-state index in [9.17, 15) is 14.4 Å². The van der Waals surface area contributed by atoms with Crippen LogP contribution in [0, 0.1) is 0 Å². The summed E-state index contributed by atoms with van der Waals surface area (Å²) in [5.41, 5.74) is 2.39. The van der Waals surface area contributed by atoms with Crippen LogP contribution in [0.5, 0.6) is 5.75 Å². The average Bonchev–Trinajstić information content (AvgIpc) is 3.47. The van der Waals surface area contributed by atoms with Crippen molar-refractivity contribution < 1.29 is 9.53 Å². The molecule has 0 bridgehead atoms. The first-order valence-electron chi connectivity index (χ1n) is 10.8. The maximum absolute atomic E-state index is 13.3. The van der Waals surface area contributed by atoms with E-state index in [1.807, 2.05) is 24.3 Å². The molecule has 0 saturated carbocycles. The minimum absolute atomic E-state index is 0.211. The molecule has 0 N–H and O–H groups in total. The second-order valence-corrected chi connectivity index (χ2v) is 8.84. The minimum atomic E-state index is -0.463. The van der Waals surface area contributed by atoms with Gasteiger partial charge in [-0.2, -0.15) is 0 Å². The maximum Gasteiger partial charge on any atom is 0.352 e. The molecule has 34 heavy (non-hydrogen) atoms. The molecule has 0 fully saturated rings. The first-order valence-corrected chi connectivity index (χ1v) is 11.7. The number of rotatable bonds is 7. The van der Waals surface area contributed by atoms with Crippen molar-refractivity contribution in [2.75, 3.05) is 7.11 Å². The second kappa shape index (κ2) is 8.75. The Morgan fingerprint density at radius 2 is 1.71 bits per heavy atom. The fourth-order valence-electron chi connectivity index (χ4n) is 3.95. The molecule has 0 aliphatic rings. The summed E-state index contributed by atoms with van der Waals surface area (Å²) in [4.78, 5) is 39.4. The third kappa shape index (κ3) is 3.73. The van der Waals surface area contributed by atoms with E-state index in [1.54, 1.807) is 42.8 Å². The molecule has 0 aliphatic heterocycles. The molecule has 8 nitrogen and oxygen atoms in total. The standard InChI is InChI=1S/C25H22N4O4S/c1-3-16-4-6-17(7-5-16)14-27-23(31)22-20(12-13-34-22)29-24(27)26-28(25(29)32)15-21(30)18-8-10-19(33-2)11-9-18/h4-13H,3,14-15H2,1-2H3. The van der Waals surface area contributed by atoms with Gasteiger partial charge in [0.2, 0.25) is 5.78 Å². The van der Waals surface area contributed by atoms with Crippen LogP contribution in [-0.4, -0.2) is 31.6 Å². The molecule has 5 rings (SSSR count). The molecule has 9 heteroatoms. The third-order valence-electron chi connectivity index (χ3n) is 5.87. The predicted octanol–water partition coefficient (Wildman–Crippen LogP) is 3.37. The van der Waals surface area contributed by atoms with Crippen LogP contribution in [0.3, 0.4) is 0 Å². The molecule has 172 valence electrons. The van der Waals surface area contributed by atoms with E-state index in [2.05, 4.69) is 12.0 Å². The fraction of sp³-hybridized carbons (Fsp3) is 0.200. The highest BCUT2D eigenvalue weighted by atomic mass is 32.1. The Morgan fingerprint density at radius 1 is 1.00 bits per heavy atom. The van der Waals surface area contributed by atoms with E-state index < -0.39 is 5.69 Å². The number of methoxy groups -OCH3 is 1. The molecule has 0 aliphatic carbocycles. The van der Waals surface area contributed by atoms with Gasteiger partial charge in [0.1, 0.15) is 17.0 Å². The summed E-state index contributed by atoms with van der Waals surface area (Å²) in [7, 11) is 1.55. The normalized spacial score (nSPS) is 11.4. The smallest absolute Gasteiger partial charge is 0.352 e. The van der Waals surface area contributed by atoms with Gasteiger partial charge in [0.25, 0.3) is 5.56 Å². The van der Waals surface area contributed by atoms with E-state index in [4.69, 9.17) is 4.74 Å². The van der Waals surface area contributed by atoms with Gasteiger partial charge in [0.05, 0.1) is 19.2 Å². The van der Waals surface area contributed by atoms with Gasteiger partial charge >= 0.3 is 5.69 Å². The van der Waals surface area contributed by atoms with Gasteiger partial charge in [0, 0.05) is 5.56 Å². The number of ketones is 1. The van der Waals surface area contributed by atoms with E-state index in [1.165, 1.54) is 25.9 Å². The minimum Gasteiger partial charge on any atom is -0.497 e. The van der Waals surface area contributed by atoms with Gasteiger partial charge in [-0.15, -0.1) is 16.4 Å². The largest absolute Gasteiger partial charge is 0.497 e. The van der Waals surface area contributed by atoms with Crippen molar-refractivity contribution in [2.24, 2.45) is 0 Å². The van der Waals surface area contributed by atoms with Crippen LogP contribution in [0.25, 0.3) is 16.0 Å². The Bertz CT molecular complexity index is 1620. The molecule has 0 amide bonds. The van der Waals surface area contributed by atoms with Crippen LogP contribution < -0.4 is 16.0 Å². The summed E-state index contributed by atoms with van der Waals surface area (Å²) in [5, 5.41) is 6.20. The topological polar surface area (TPSA) is 87.6 Å². The number of benzene rings is 2. The Morgan fingerprint density at radius 3 is 2.38 bits per heavy atom. The first kappa shape index (κ1) is 21.8. The van der Waals surface area contributed by atoms with Crippen molar-refractivity contribution in [1.82, 2.24) is 18.7 Å². The lowest BCUT2D eigenvalue weighted by Gasteiger charge is -2.08. The summed E-state index contributed by atoms with van der Waals surface area (Å²) in [6, 6.07) is 16.4. The molecule has 0 saturated heterocycles. The number of aryl methyl sites for hydroxylation is 1. The molecular weight excluding hydrogens is 452 g/mol. The Balaban J connectivity index is 1.60. The van der Waals surface area contributed by atoms with Crippen LogP contribution in [0.2, 0.25) is 0 Å². The molecule has 0 atom stereocenters. The number of carbonyl (C=O) groups excluding carboxylic acids is 1. The predicted molar refractivity (Wildman–Crippen MR) is 131 cm³/mol. The third-order valence-corrected chi connectivity index (χ3v) is 6.76. The van der Waals surface area contributed by atoms with Crippen LogP contribution in [0.4, 0.5) is 0 Å². The van der Waals surface area contributed by atoms with Gasteiger partial charge in [-0.25, -0.2) is 13.9 Å². The second-order valence-electron chi connectivity index (χ2n) is 7.92. The van der Waals surface area contributed by atoms with Crippen molar-refractivity contribution >= 4 is 33.1 Å². The molecule has 5 aromatic rings. The van der Waals surface area contributed by atoms with E-state index in [0.29, 0.717) is 21.5 Å². The summed E-state index contributed by atoms with van der Waals surface area (Å²) >= 11 is 1.28. The number of hydrogen-bond donors (Lipinski definition) is 0. The Labute approximate surface area is 198 Å². The van der Waals surface area contributed by atoms with Crippen molar-refractivity contribution in [3.63, 3.8) is 0 Å². The molecule has 3 aromatic heterocycles. The van der Waals surface area contributed by atoms with E-state index >= 15 is 0 Å². The molecule has 0 unspecified atom stereocenters. The van der Waals surface area contributed by atoms with Crippen LogP contribution >= 0.6 is 11.3 Å². The highest BCUT2D eigenvalue weighted by Crippen LogP contribution is 2.18. The lowest BCUT2D eigenvalue weighted by Crippen LogP contribution is -2.27. The van der Waals surface area contributed by atoms with Crippen molar-refractivity contribution in [3.05, 3.63) is 97.5 Å². The summed E-state index contributed by atoms with van der Waals surface area (Å²) in [6.07, 6.45) is 0.924. The van der Waals surface area contributed by atoms with Gasteiger partial charge < -0.3 is 4.74 Å². The fourth-order valence-corrected chi connectivity index (χ4v) is 4.77. The lowest BCUT2D eigenvalue weighted by atomic mass is 10.1. The lowest BCUT2D eigenvalue weighted by molar-refractivity contribution is 0.0966. The summed E-state index contributed by atoms with van der Waals surface area (Å²) < 4.78 is 9.63. The summed E-state index contributed by atoms with van der Waals surface area (Å²) in [6.45, 7) is 2.11. The van der Waals surface area contributed by atoms with Crippen LogP contribution in [0.1, 0.15) is 28.4 Å². The number of aromatic nitrogens is 4. The van der Waals surface area contributed by atoms with Gasteiger partial charge in [-0.1, -0.05) is 31.2 Å². The Hall–Kier alpha value is -3.98. The first-order chi connectivity index (χ1) is 16.5. The van der Waals surface area contributed by atoms with Crippen molar-refractivity contribution in [2.45, 2.75) is 26.4 Å². The number of fused-ring (bicyclic) bond motifs is 3. The van der Waals surface area contributed by atoms with Gasteiger partial charge in [0.15, 0.2) is 5.78 Å². The van der Waals surface area contributed by atoms with E-state index in [-0.39, 0.29) is 30.2 Å². The number of nitrogens with zero attached hydrogens (tertiary/aromatic N) is 4. The average molecular weight is 475 g/mol. The molecule has 0 spiro atoms. The molecule has 3 heterocycles. The van der Waals surface area contributed by atoms with Crippen molar-refractivity contribution in [3.8, 4) is 5.75 Å². The van der Waals surface area contributed by atoms with Crippen LogP contribution in [0.15, 0.2) is 69.6 Å². The number of hydrogen-bond acceptors (Lipinski definition) is 6. The van der Waals surface area contributed by atoms with Gasteiger partial charge in [-0.05, 0) is 53.3 Å². The number of carbonyl (C=O) groups is 1. The molecule has 0 radical (unpaired) electrons. The Kier molecular flexibility index (Phi) is 5.62. The molecule has 2 aromatic carbocycles. The molecular formula is C25H22N4O4S. The zero-order valence-electron chi connectivity index (χ0n) is 18.7. The quantitative estimate of drug-likeness (QED) is 0.338. The SMILES string of the molecule is CCc1ccc(Cn2c(=O)c3sccc3n3c(=O)n(CC(=O)c4ccc(OC)cc4)nc23)cc1.